The molecule has 10 heteroatoms. The highest BCUT2D eigenvalue weighted by molar-refractivity contribution is 5.94. The van der Waals surface area contributed by atoms with E-state index in [9.17, 15) is 18.7 Å². The molecular formula is C22H19F3N4O3. The zero-order chi connectivity index (χ0) is 22.4. The third kappa shape index (κ3) is 3.40. The van der Waals surface area contributed by atoms with Gasteiger partial charge in [-0.05, 0) is 31.0 Å². The van der Waals surface area contributed by atoms with Crippen molar-refractivity contribution in [2.75, 3.05) is 13.2 Å². The van der Waals surface area contributed by atoms with Gasteiger partial charge in [-0.3, -0.25) is 9.89 Å². The zero-order valence-electron chi connectivity index (χ0n) is 16.8. The number of rotatable bonds is 5. The number of pyridine rings is 1. The van der Waals surface area contributed by atoms with E-state index in [2.05, 4.69) is 15.2 Å². The van der Waals surface area contributed by atoms with E-state index in [1.54, 1.807) is 16.8 Å². The van der Waals surface area contributed by atoms with Gasteiger partial charge in [-0.15, -0.1) is 0 Å². The van der Waals surface area contributed by atoms with Gasteiger partial charge in [0, 0.05) is 47.5 Å². The molecule has 166 valence electrons. The van der Waals surface area contributed by atoms with Gasteiger partial charge in [-0.1, -0.05) is 0 Å². The van der Waals surface area contributed by atoms with Crippen LogP contribution in [0, 0.1) is 11.6 Å². The standard InChI is InChI=1S/C22H19F3N4O3/c23-14-2-1-13(8-15(14)24)29-17-7-12-10-26-28-22(12)27-20(17)19(16(25)9-18(30)31)21(29)11-3-5-32-6-4-11/h1-2,7-8,10-11,16H,3-6,9H2,(H,30,31)(H,26,27,28)/t16-/m0/s1. The summed E-state index contributed by atoms with van der Waals surface area (Å²) in [5.41, 5.74) is 2.11. The Bertz CT molecular complexity index is 1330. The summed E-state index contributed by atoms with van der Waals surface area (Å²) < 4.78 is 50.5. The number of nitrogens with one attached hydrogen (secondary N) is 1. The van der Waals surface area contributed by atoms with Gasteiger partial charge in [-0.2, -0.15) is 5.10 Å². The number of carbonyl (C=O) groups is 1. The van der Waals surface area contributed by atoms with Gasteiger partial charge in [0.05, 0.1) is 23.7 Å². The van der Waals surface area contributed by atoms with Crippen LogP contribution in [-0.4, -0.2) is 44.0 Å². The maximum absolute atomic E-state index is 15.5. The summed E-state index contributed by atoms with van der Waals surface area (Å²) in [5.74, 6) is -3.50. The lowest BCUT2D eigenvalue weighted by Crippen LogP contribution is -2.19. The molecule has 0 amide bonds. The molecule has 2 N–H and O–H groups in total. The van der Waals surface area contributed by atoms with Crippen LogP contribution >= 0.6 is 0 Å². The number of benzene rings is 1. The lowest BCUT2D eigenvalue weighted by Gasteiger charge is -2.26. The smallest absolute Gasteiger partial charge is 0.306 e. The van der Waals surface area contributed by atoms with Crippen LogP contribution in [-0.2, 0) is 9.53 Å². The monoisotopic (exact) mass is 444 g/mol. The predicted molar refractivity (Wildman–Crippen MR) is 110 cm³/mol. The predicted octanol–water partition coefficient (Wildman–Crippen LogP) is 4.56. The molecule has 1 fully saturated rings. The first kappa shape index (κ1) is 20.5. The Morgan fingerprint density at radius 2 is 2.03 bits per heavy atom. The maximum Gasteiger partial charge on any atom is 0.306 e. The van der Waals surface area contributed by atoms with Gasteiger partial charge in [0.15, 0.2) is 17.3 Å². The number of aliphatic carboxylic acids is 1. The number of alkyl halides is 1. The first-order valence-electron chi connectivity index (χ1n) is 10.2. The fourth-order valence-electron chi connectivity index (χ4n) is 4.45. The Morgan fingerprint density at radius 3 is 2.75 bits per heavy atom. The number of hydrogen-bond donors (Lipinski definition) is 2. The van der Waals surface area contributed by atoms with Crippen molar-refractivity contribution in [1.29, 1.82) is 0 Å². The number of hydrogen-bond acceptors (Lipinski definition) is 4. The van der Waals surface area contributed by atoms with E-state index in [0.29, 0.717) is 54.0 Å². The number of aromatic nitrogens is 4. The van der Waals surface area contributed by atoms with Crippen LogP contribution in [0.25, 0.3) is 27.8 Å². The number of H-pyrrole nitrogens is 1. The average Bonchev–Trinajstić information content (AvgIpc) is 3.36. The summed E-state index contributed by atoms with van der Waals surface area (Å²) in [5, 5.41) is 16.6. The molecule has 3 aromatic heterocycles. The molecule has 1 atom stereocenters. The van der Waals surface area contributed by atoms with Crippen LogP contribution < -0.4 is 0 Å². The second-order valence-corrected chi connectivity index (χ2v) is 7.85. The lowest BCUT2D eigenvalue weighted by atomic mass is 9.91. The van der Waals surface area contributed by atoms with E-state index >= 15 is 4.39 Å². The summed E-state index contributed by atoms with van der Waals surface area (Å²) in [6.07, 6.45) is 0.128. The number of aromatic amines is 1. The first-order chi connectivity index (χ1) is 15.4. The van der Waals surface area contributed by atoms with Gasteiger partial charge < -0.3 is 14.4 Å². The Kier molecular flexibility index (Phi) is 5.09. The molecule has 5 rings (SSSR count). The van der Waals surface area contributed by atoms with Crippen LogP contribution in [0.2, 0.25) is 0 Å². The van der Waals surface area contributed by atoms with Crippen LogP contribution in [0.15, 0.2) is 30.5 Å². The third-order valence-corrected chi connectivity index (χ3v) is 5.86. The highest BCUT2D eigenvalue weighted by atomic mass is 19.2. The summed E-state index contributed by atoms with van der Waals surface area (Å²) in [6.45, 7) is 0.912. The van der Waals surface area contributed by atoms with E-state index < -0.39 is 30.2 Å². The van der Waals surface area contributed by atoms with Crippen molar-refractivity contribution in [2.45, 2.75) is 31.4 Å². The minimum Gasteiger partial charge on any atom is -0.481 e. The highest BCUT2D eigenvalue weighted by Gasteiger charge is 2.33. The molecule has 0 radical (unpaired) electrons. The fourth-order valence-corrected chi connectivity index (χ4v) is 4.45. The van der Waals surface area contributed by atoms with Crippen molar-refractivity contribution >= 4 is 28.0 Å². The van der Waals surface area contributed by atoms with Crippen LogP contribution in [0.3, 0.4) is 0 Å². The molecule has 4 heterocycles. The molecule has 0 spiro atoms. The lowest BCUT2D eigenvalue weighted by molar-refractivity contribution is -0.138. The number of nitrogens with zero attached hydrogens (tertiary/aromatic N) is 3. The van der Waals surface area contributed by atoms with Gasteiger partial charge in [-0.25, -0.2) is 18.2 Å². The van der Waals surface area contributed by atoms with E-state index in [0.717, 1.165) is 12.1 Å². The summed E-state index contributed by atoms with van der Waals surface area (Å²) in [4.78, 5) is 15.9. The topological polar surface area (TPSA) is 93.0 Å². The molecular weight excluding hydrogens is 425 g/mol. The van der Waals surface area contributed by atoms with Crippen molar-refractivity contribution in [3.8, 4) is 5.69 Å². The van der Waals surface area contributed by atoms with Crippen LogP contribution in [0.1, 0.15) is 42.6 Å². The minimum absolute atomic E-state index is 0.149. The van der Waals surface area contributed by atoms with E-state index in [1.807, 2.05) is 0 Å². The zero-order valence-corrected chi connectivity index (χ0v) is 16.8. The molecule has 1 saturated heterocycles. The Hall–Kier alpha value is -3.40. The maximum atomic E-state index is 15.5. The third-order valence-electron chi connectivity index (χ3n) is 5.86. The number of fused-ring (bicyclic) bond motifs is 2. The van der Waals surface area contributed by atoms with Crippen molar-refractivity contribution in [1.82, 2.24) is 19.7 Å². The Labute approximate surface area is 179 Å². The van der Waals surface area contributed by atoms with Gasteiger partial charge in [0.1, 0.15) is 6.17 Å². The molecule has 1 aliphatic heterocycles. The molecule has 0 unspecified atom stereocenters. The van der Waals surface area contributed by atoms with Crippen molar-refractivity contribution in [3.05, 3.63) is 53.4 Å². The molecule has 1 aromatic carbocycles. The number of carboxylic acids is 1. The highest BCUT2D eigenvalue weighted by Crippen LogP contribution is 2.43. The van der Waals surface area contributed by atoms with Crippen LogP contribution in [0.5, 0.6) is 0 Å². The fraction of sp³-hybridized carbons (Fsp3) is 0.318. The SMILES string of the molecule is O=C(O)C[C@H](F)c1c(C2CCOCC2)n(-c2ccc(F)c(F)c2)c2cc3cn[nH]c3nc12. The first-order valence-corrected chi connectivity index (χ1v) is 10.2. The molecule has 0 saturated carbocycles. The van der Waals surface area contributed by atoms with Crippen molar-refractivity contribution < 1.29 is 27.8 Å². The quantitative estimate of drug-likeness (QED) is 0.471. The van der Waals surface area contributed by atoms with Gasteiger partial charge in [0.2, 0.25) is 0 Å². The van der Waals surface area contributed by atoms with Gasteiger partial charge >= 0.3 is 5.97 Å². The summed E-state index contributed by atoms with van der Waals surface area (Å²) in [6, 6.07) is 5.21. The summed E-state index contributed by atoms with van der Waals surface area (Å²) >= 11 is 0. The minimum atomic E-state index is -1.84. The van der Waals surface area contributed by atoms with Crippen molar-refractivity contribution in [2.24, 2.45) is 0 Å². The molecule has 0 bridgehead atoms. The average molecular weight is 444 g/mol. The Morgan fingerprint density at radius 1 is 1.25 bits per heavy atom. The Balaban J connectivity index is 1.87. The van der Waals surface area contributed by atoms with E-state index in [1.165, 1.54) is 6.07 Å². The number of carboxylic acid groups (broad SMARTS) is 1. The molecule has 0 aliphatic carbocycles. The number of ether oxygens (including phenoxy) is 1. The molecule has 32 heavy (non-hydrogen) atoms. The van der Waals surface area contributed by atoms with Crippen molar-refractivity contribution in [3.63, 3.8) is 0 Å². The molecule has 4 aromatic rings. The second kappa shape index (κ2) is 7.94. The normalized spacial score (nSPS) is 16.1. The van der Waals surface area contributed by atoms with E-state index in [-0.39, 0.29) is 17.0 Å². The molecule has 1 aliphatic rings. The van der Waals surface area contributed by atoms with Crippen LogP contribution in [0.4, 0.5) is 13.2 Å². The number of halogens is 3. The summed E-state index contributed by atoms with van der Waals surface area (Å²) in [7, 11) is 0. The van der Waals surface area contributed by atoms with Gasteiger partial charge in [0.25, 0.3) is 0 Å². The second-order valence-electron chi connectivity index (χ2n) is 7.85. The van der Waals surface area contributed by atoms with E-state index in [4.69, 9.17) is 4.74 Å². The largest absolute Gasteiger partial charge is 0.481 e. The molecule has 7 nitrogen and oxygen atoms in total.